The van der Waals surface area contributed by atoms with Crippen molar-refractivity contribution in [2.24, 2.45) is 0 Å². The van der Waals surface area contributed by atoms with Crippen LogP contribution in [0.3, 0.4) is 0 Å². The summed E-state index contributed by atoms with van der Waals surface area (Å²) in [4.78, 5) is 0. The van der Waals surface area contributed by atoms with Gasteiger partial charge in [0.05, 0.1) is 4.47 Å². The lowest BCUT2D eigenvalue weighted by atomic mass is 10.2. The maximum atomic E-state index is 6.18. The zero-order valence-corrected chi connectivity index (χ0v) is 15.3. The van der Waals surface area contributed by atoms with Gasteiger partial charge < -0.3 is 4.74 Å². The van der Waals surface area contributed by atoms with Crippen molar-refractivity contribution < 1.29 is 4.74 Å². The Balaban J connectivity index is 2.19. The van der Waals surface area contributed by atoms with E-state index >= 15 is 0 Å². The first-order valence-electron chi connectivity index (χ1n) is 5.52. The highest BCUT2D eigenvalue weighted by Crippen LogP contribution is 2.32. The van der Waals surface area contributed by atoms with Gasteiger partial charge >= 0.3 is 0 Å². The highest BCUT2D eigenvalue weighted by Gasteiger charge is 2.09. The topological polar surface area (TPSA) is 9.23 Å². The molecule has 0 N–H and O–H groups in total. The van der Waals surface area contributed by atoms with Gasteiger partial charge in [0.1, 0.15) is 12.4 Å². The Hall–Kier alpha value is -0.0300. The van der Waals surface area contributed by atoms with Gasteiger partial charge in [-0.1, -0.05) is 61.7 Å². The van der Waals surface area contributed by atoms with Crippen LogP contribution < -0.4 is 4.74 Å². The highest BCUT2D eigenvalue weighted by molar-refractivity contribution is 9.11. The molecular weight excluding hydrogens is 459 g/mol. The minimum absolute atomic E-state index is 0.439. The standard InChI is InChI=1S/C14H10Br3ClO/c15-7-9-2-1-3-12(17)14(9)19-8-10-4-5-11(16)6-13(10)18/h1-6H,7-8H2. The lowest BCUT2D eigenvalue weighted by molar-refractivity contribution is 0.302. The first kappa shape index (κ1) is 15.4. The second kappa shape index (κ2) is 7.11. The fraction of sp³-hybridized carbons (Fsp3) is 0.143. The van der Waals surface area contributed by atoms with Gasteiger partial charge in [-0.2, -0.15) is 0 Å². The Morgan fingerprint density at radius 1 is 1.05 bits per heavy atom. The zero-order chi connectivity index (χ0) is 13.8. The molecule has 0 bridgehead atoms. The molecule has 1 nitrogen and oxygen atoms in total. The number of ether oxygens (including phenoxy) is 1. The van der Waals surface area contributed by atoms with E-state index < -0.39 is 0 Å². The molecule has 2 rings (SSSR count). The van der Waals surface area contributed by atoms with Crippen molar-refractivity contribution in [1.29, 1.82) is 0 Å². The molecule has 0 aliphatic rings. The zero-order valence-electron chi connectivity index (χ0n) is 9.80. The van der Waals surface area contributed by atoms with Gasteiger partial charge in [0.2, 0.25) is 0 Å². The Bertz CT molecular complexity index is 587. The molecule has 19 heavy (non-hydrogen) atoms. The molecule has 0 aliphatic heterocycles. The summed E-state index contributed by atoms with van der Waals surface area (Å²) in [6.45, 7) is 0.439. The number of halogens is 4. The summed E-state index contributed by atoms with van der Waals surface area (Å²) in [6, 6.07) is 11.8. The molecule has 2 aromatic rings. The summed E-state index contributed by atoms with van der Waals surface area (Å²) < 4.78 is 7.79. The van der Waals surface area contributed by atoms with Crippen molar-refractivity contribution in [2.45, 2.75) is 11.9 Å². The van der Waals surface area contributed by atoms with E-state index in [-0.39, 0.29) is 0 Å². The van der Waals surface area contributed by atoms with Gasteiger partial charge in [0, 0.05) is 26.0 Å². The number of alkyl halides is 1. The lowest BCUT2D eigenvalue weighted by Gasteiger charge is -2.13. The van der Waals surface area contributed by atoms with Crippen LogP contribution in [0.1, 0.15) is 11.1 Å². The second-order valence-electron chi connectivity index (χ2n) is 3.89. The minimum Gasteiger partial charge on any atom is -0.487 e. The van der Waals surface area contributed by atoms with Crippen LogP contribution in [0.4, 0.5) is 0 Å². The van der Waals surface area contributed by atoms with Gasteiger partial charge in [-0.05, 0) is 34.1 Å². The predicted molar refractivity (Wildman–Crippen MR) is 90.3 cm³/mol. The average Bonchev–Trinajstić information content (AvgIpc) is 2.39. The number of para-hydroxylation sites is 1. The summed E-state index contributed by atoms with van der Waals surface area (Å²) >= 11 is 16.5. The summed E-state index contributed by atoms with van der Waals surface area (Å²) in [6.07, 6.45) is 0. The van der Waals surface area contributed by atoms with E-state index in [4.69, 9.17) is 16.3 Å². The quantitative estimate of drug-likeness (QED) is 0.475. The van der Waals surface area contributed by atoms with Gasteiger partial charge in [0.25, 0.3) is 0 Å². The molecule has 0 unspecified atom stereocenters. The molecule has 0 saturated heterocycles. The minimum atomic E-state index is 0.439. The van der Waals surface area contributed by atoms with Crippen LogP contribution in [0.25, 0.3) is 0 Å². The Labute approximate surface area is 142 Å². The molecule has 5 heteroatoms. The fourth-order valence-corrected chi connectivity index (χ4v) is 3.30. The number of rotatable bonds is 4. The molecule has 0 spiro atoms. The van der Waals surface area contributed by atoms with E-state index in [1.807, 2.05) is 36.4 Å². The summed E-state index contributed by atoms with van der Waals surface area (Å²) in [5.74, 6) is 0.846. The SMILES string of the molecule is Clc1cc(Br)ccc1COc1c(Br)cccc1CBr. The molecule has 100 valence electrons. The summed E-state index contributed by atoms with van der Waals surface area (Å²) in [5.41, 5.74) is 2.06. The van der Waals surface area contributed by atoms with Crippen LogP contribution in [0.2, 0.25) is 5.02 Å². The molecule has 0 aliphatic carbocycles. The molecule has 2 aromatic carbocycles. The lowest BCUT2D eigenvalue weighted by Crippen LogP contribution is -1.99. The number of benzene rings is 2. The van der Waals surface area contributed by atoms with Crippen LogP contribution >= 0.6 is 59.4 Å². The van der Waals surface area contributed by atoms with Gasteiger partial charge in [-0.3, -0.25) is 0 Å². The first-order chi connectivity index (χ1) is 9.11. The first-order valence-corrected chi connectivity index (χ1v) is 8.60. The normalized spacial score (nSPS) is 10.5. The Morgan fingerprint density at radius 3 is 2.53 bits per heavy atom. The third-order valence-corrected chi connectivity index (χ3v) is 4.65. The van der Waals surface area contributed by atoms with Gasteiger partial charge in [-0.15, -0.1) is 0 Å². The molecule has 0 fully saturated rings. The fourth-order valence-electron chi connectivity index (χ4n) is 1.61. The molecule has 0 atom stereocenters. The van der Waals surface area contributed by atoms with E-state index in [1.165, 1.54) is 0 Å². The highest BCUT2D eigenvalue weighted by atomic mass is 79.9. The van der Waals surface area contributed by atoms with E-state index in [2.05, 4.69) is 47.8 Å². The van der Waals surface area contributed by atoms with Crippen molar-refractivity contribution in [2.75, 3.05) is 0 Å². The van der Waals surface area contributed by atoms with Crippen LogP contribution in [0.15, 0.2) is 45.3 Å². The van der Waals surface area contributed by atoms with Crippen molar-refractivity contribution in [3.63, 3.8) is 0 Å². The van der Waals surface area contributed by atoms with Crippen molar-refractivity contribution in [1.82, 2.24) is 0 Å². The number of hydrogen-bond donors (Lipinski definition) is 0. The average molecular weight is 469 g/mol. The predicted octanol–water partition coefficient (Wildman–Crippen LogP) is 6.34. The van der Waals surface area contributed by atoms with Crippen molar-refractivity contribution in [3.8, 4) is 5.75 Å². The van der Waals surface area contributed by atoms with E-state index in [1.54, 1.807) is 0 Å². The second-order valence-corrected chi connectivity index (χ2v) is 6.62. The van der Waals surface area contributed by atoms with Gasteiger partial charge in [0.15, 0.2) is 0 Å². The maximum Gasteiger partial charge on any atom is 0.138 e. The van der Waals surface area contributed by atoms with E-state index in [9.17, 15) is 0 Å². The third-order valence-electron chi connectivity index (χ3n) is 2.58. The maximum absolute atomic E-state index is 6.18. The number of hydrogen-bond acceptors (Lipinski definition) is 1. The molecule has 0 radical (unpaired) electrons. The van der Waals surface area contributed by atoms with E-state index in [0.29, 0.717) is 11.6 Å². The molecular formula is C14H10Br3ClO. The van der Waals surface area contributed by atoms with Crippen LogP contribution in [0.5, 0.6) is 5.75 Å². The molecule has 0 heterocycles. The van der Waals surface area contributed by atoms with Crippen LogP contribution in [0, 0.1) is 0 Å². The molecule has 0 aromatic heterocycles. The van der Waals surface area contributed by atoms with Gasteiger partial charge in [-0.25, -0.2) is 0 Å². The summed E-state index contributed by atoms with van der Waals surface area (Å²) in [5, 5.41) is 1.44. The van der Waals surface area contributed by atoms with Crippen molar-refractivity contribution in [3.05, 3.63) is 61.5 Å². The van der Waals surface area contributed by atoms with Crippen LogP contribution in [-0.4, -0.2) is 0 Å². The van der Waals surface area contributed by atoms with E-state index in [0.717, 1.165) is 31.2 Å². The Kier molecular flexibility index (Phi) is 5.75. The monoisotopic (exact) mass is 466 g/mol. The molecule has 0 amide bonds. The largest absolute Gasteiger partial charge is 0.487 e. The van der Waals surface area contributed by atoms with Crippen molar-refractivity contribution >= 4 is 59.4 Å². The third kappa shape index (κ3) is 3.97. The smallest absolute Gasteiger partial charge is 0.138 e. The summed E-state index contributed by atoms with van der Waals surface area (Å²) in [7, 11) is 0. The Morgan fingerprint density at radius 2 is 1.84 bits per heavy atom. The molecule has 0 saturated carbocycles. The van der Waals surface area contributed by atoms with Crippen LogP contribution in [-0.2, 0) is 11.9 Å².